The predicted molar refractivity (Wildman–Crippen MR) is 65.4 cm³/mol. The number of hydrogen-bond acceptors (Lipinski definition) is 4. The molecule has 7 heteroatoms. The summed E-state index contributed by atoms with van der Waals surface area (Å²) in [5, 5.41) is 19.0. The maximum Gasteiger partial charge on any atom is 0.328 e. The molecule has 0 unspecified atom stereocenters. The first kappa shape index (κ1) is 16.6. The van der Waals surface area contributed by atoms with Gasteiger partial charge in [0.25, 0.3) is 0 Å². The number of carbonyl (C=O) groups is 4. The van der Waals surface area contributed by atoms with Crippen molar-refractivity contribution in [1.82, 2.24) is 5.32 Å². The Hall–Kier alpha value is -2.44. The van der Waals surface area contributed by atoms with Crippen molar-refractivity contribution < 1.29 is 29.4 Å². The summed E-state index contributed by atoms with van der Waals surface area (Å²) in [6, 6.07) is 0. The highest BCUT2D eigenvalue weighted by molar-refractivity contribution is 5.95. The smallest absolute Gasteiger partial charge is 0.328 e. The molecule has 0 rings (SSSR count). The number of unbranched alkanes of at least 4 members (excludes halogenated alkanes) is 1. The molecule has 19 heavy (non-hydrogen) atoms. The average molecular weight is 269 g/mol. The molecule has 3 N–H and O–H groups in total. The van der Waals surface area contributed by atoms with Crippen LogP contribution in [-0.4, -0.2) is 40.4 Å². The van der Waals surface area contributed by atoms with Crippen LogP contribution in [0.2, 0.25) is 0 Å². The molecule has 0 aromatic carbocycles. The molecule has 0 fully saturated rings. The topological polar surface area (TPSA) is 121 Å². The van der Waals surface area contributed by atoms with Gasteiger partial charge in [0.05, 0.1) is 0 Å². The number of carbonyl (C=O) groups excluding carboxylic acids is 2. The predicted octanol–water partition coefficient (Wildman–Crippen LogP) is 0.124. The van der Waals surface area contributed by atoms with Crippen LogP contribution >= 0.6 is 0 Å². The molecule has 0 heterocycles. The second-order valence-corrected chi connectivity index (χ2v) is 3.56. The van der Waals surface area contributed by atoms with Gasteiger partial charge in [-0.2, -0.15) is 0 Å². The third kappa shape index (κ3) is 11.8. The summed E-state index contributed by atoms with van der Waals surface area (Å²) < 4.78 is 0. The van der Waals surface area contributed by atoms with E-state index < -0.39 is 17.8 Å². The minimum atomic E-state index is -1.20. The first-order valence-corrected chi connectivity index (χ1v) is 5.54. The fraction of sp³-hybridized carbons (Fsp3) is 0.333. The molecule has 0 aliphatic heterocycles. The van der Waals surface area contributed by atoms with Crippen molar-refractivity contribution in [2.45, 2.75) is 19.3 Å². The fourth-order valence-corrected chi connectivity index (χ4v) is 1.09. The first-order valence-electron chi connectivity index (χ1n) is 5.54. The Balaban J connectivity index is 3.65. The van der Waals surface area contributed by atoms with Gasteiger partial charge in [0.1, 0.15) is 0 Å². The quantitative estimate of drug-likeness (QED) is 0.404. The number of ketones is 1. The van der Waals surface area contributed by atoms with Crippen LogP contribution in [0.4, 0.5) is 0 Å². The second-order valence-electron chi connectivity index (χ2n) is 3.56. The number of allylic oxidation sites excluding steroid dienone is 1. The van der Waals surface area contributed by atoms with Gasteiger partial charge >= 0.3 is 11.9 Å². The summed E-state index contributed by atoms with van der Waals surface area (Å²) in [5.41, 5.74) is 0. The molecule has 0 atom stereocenters. The van der Waals surface area contributed by atoms with Crippen molar-refractivity contribution in [3.05, 3.63) is 24.3 Å². The van der Waals surface area contributed by atoms with Gasteiger partial charge in [0.15, 0.2) is 5.78 Å². The Labute approximate surface area is 109 Å². The molecule has 0 aromatic rings. The number of rotatable bonds is 9. The van der Waals surface area contributed by atoms with Crippen LogP contribution in [0.5, 0.6) is 0 Å². The zero-order valence-corrected chi connectivity index (χ0v) is 10.2. The molecule has 1 amide bonds. The van der Waals surface area contributed by atoms with E-state index in [2.05, 4.69) is 5.32 Å². The van der Waals surface area contributed by atoms with Gasteiger partial charge in [-0.1, -0.05) is 0 Å². The SMILES string of the molecule is O=C(O)/C=C/C(=O)CCCCNC(=O)/C=C/C(=O)O. The van der Waals surface area contributed by atoms with Crippen LogP contribution in [-0.2, 0) is 19.2 Å². The maximum atomic E-state index is 11.1. The molecular weight excluding hydrogens is 254 g/mol. The zero-order chi connectivity index (χ0) is 14.7. The van der Waals surface area contributed by atoms with E-state index in [4.69, 9.17) is 10.2 Å². The summed E-state index contributed by atoms with van der Waals surface area (Å²) in [4.78, 5) is 42.4. The summed E-state index contributed by atoms with van der Waals surface area (Å²) in [7, 11) is 0. The van der Waals surface area contributed by atoms with Crippen LogP contribution in [0.1, 0.15) is 19.3 Å². The van der Waals surface area contributed by atoms with Gasteiger partial charge in [-0.15, -0.1) is 0 Å². The highest BCUT2D eigenvalue weighted by atomic mass is 16.4. The lowest BCUT2D eigenvalue weighted by molar-refractivity contribution is -0.132. The normalized spacial score (nSPS) is 10.7. The van der Waals surface area contributed by atoms with Crippen molar-refractivity contribution in [1.29, 1.82) is 0 Å². The Morgan fingerprint density at radius 2 is 1.42 bits per heavy atom. The maximum absolute atomic E-state index is 11.1. The molecule has 0 aliphatic carbocycles. The van der Waals surface area contributed by atoms with Crippen molar-refractivity contribution in [2.75, 3.05) is 6.54 Å². The number of amides is 1. The van der Waals surface area contributed by atoms with E-state index in [0.717, 1.165) is 24.3 Å². The molecule has 0 aliphatic rings. The molecule has 7 nitrogen and oxygen atoms in total. The van der Waals surface area contributed by atoms with E-state index >= 15 is 0 Å². The number of carboxylic acids is 2. The van der Waals surface area contributed by atoms with Crippen molar-refractivity contribution >= 4 is 23.6 Å². The third-order valence-electron chi connectivity index (χ3n) is 1.94. The van der Waals surface area contributed by atoms with E-state index in [1.165, 1.54) is 0 Å². The molecule has 0 aromatic heterocycles. The molecule has 104 valence electrons. The van der Waals surface area contributed by atoms with E-state index in [-0.39, 0.29) is 12.2 Å². The average Bonchev–Trinajstić information content (AvgIpc) is 2.33. The van der Waals surface area contributed by atoms with Crippen LogP contribution in [0.3, 0.4) is 0 Å². The molecule has 0 spiro atoms. The van der Waals surface area contributed by atoms with Crippen molar-refractivity contribution in [3.8, 4) is 0 Å². The van der Waals surface area contributed by atoms with E-state index in [1.807, 2.05) is 0 Å². The number of aliphatic carboxylic acids is 2. The molecular formula is C12H15NO6. The molecule has 0 saturated carbocycles. The van der Waals surface area contributed by atoms with Gasteiger partial charge < -0.3 is 15.5 Å². The summed E-state index contributed by atoms with van der Waals surface area (Å²) in [6.45, 7) is 0.318. The van der Waals surface area contributed by atoms with Crippen molar-refractivity contribution in [3.63, 3.8) is 0 Å². The van der Waals surface area contributed by atoms with Gasteiger partial charge in [0, 0.05) is 31.2 Å². The lowest BCUT2D eigenvalue weighted by Crippen LogP contribution is -2.22. The minimum Gasteiger partial charge on any atom is -0.478 e. The number of hydrogen-bond donors (Lipinski definition) is 3. The standard InChI is InChI=1S/C12H15NO6/c14-9(4-6-11(16)17)3-1-2-8-13-10(15)5-7-12(18)19/h4-7H,1-3,8H2,(H,13,15)(H,16,17)(H,18,19)/b6-4+,7-5+. The monoisotopic (exact) mass is 269 g/mol. The Bertz CT molecular complexity index is 372. The summed E-state index contributed by atoms with van der Waals surface area (Å²) >= 11 is 0. The van der Waals surface area contributed by atoms with Crippen LogP contribution in [0, 0.1) is 0 Å². The van der Waals surface area contributed by atoms with Crippen molar-refractivity contribution in [2.24, 2.45) is 0 Å². The zero-order valence-electron chi connectivity index (χ0n) is 10.2. The Kier molecular flexibility index (Phi) is 8.35. The molecule has 0 bridgehead atoms. The van der Waals surface area contributed by atoms with Gasteiger partial charge in [-0.25, -0.2) is 9.59 Å². The minimum absolute atomic E-state index is 0.199. The third-order valence-corrected chi connectivity index (χ3v) is 1.94. The number of nitrogens with one attached hydrogen (secondary N) is 1. The van der Waals surface area contributed by atoms with E-state index in [0.29, 0.717) is 19.4 Å². The number of carboxylic acid groups (broad SMARTS) is 2. The fourth-order valence-electron chi connectivity index (χ4n) is 1.09. The summed E-state index contributed by atoms with van der Waals surface area (Å²) in [5.74, 6) is -3.18. The van der Waals surface area contributed by atoms with Crippen LogP contribution in [0.15, 0.2) is 24.3 Å². The first-order chi connectivity index (χ1) is 8.91. The largest absolute Gasteiger partial charge is 0.478 e. The molecule has 0 radical (unpaired) electrons. The van der Waals surface area contributed by atoms with Gasteiger partial charge in [-0.05, 0) is 18.9 Å². The Morgan fingerprint density at radius 3 is 2.00 bits per heavy atom. The summed E-state index contributed by atoms with van der Waals surface area (Å²) in [6.07, 6.45) is 4.66. The Morgan fingerprint density at radius 1 is 0.842 bits per heavy atom. The van der Waals surface area contributed by atoms with E-state index in [1.54, 1.807) is 0 Å². The second kappa shape index (κ2) is 9.58. The lowest BCUT2D eigenvalue weighted by atomic mass is 10.1. The van der Waals surface area contributed by atoms with Gasteiger partial charge in [0.2, 0.25) is 5.91 Å². The lowest BCUT2D eigenvalue weighted by Gasteiger charge is -2.00. The highest BCUT2D eigenvalue weighted by Crippen LogP contribution is 1.96. The van der Waals surface area contributed by atoms with Crippen LogP contribution in [0.25, 0.3) is 0 Å². The highest BCUT2D eigenvalue weighted by Gasteiger charge is 1.99. The molecule has 0 saturated heterocycles. The van der Waals surface area contributed by atoms with Crippen LogP contribution < -0.4 is 5.32 Å². The van der Waals surface area contributed by atoms with E-state index in [9.17, 15) is 19.2 Å². The van der Waals surface area contributed by atoms with Gasteiger partial charge in [-0.3, -0.25) is 9.59 Å².